The maximum Gasteiger partial charge on any atom is 0.417 e. The molecule has 33 heavy (non-hydrogen) atoms. The van der Waals surface area contributed by atoms with Gasteiger partial charge in [0, 0.05) is 6.20 Å². The van der Waals surface area contributed by atoms with Crippen LogP contribution < -0.4 is 15.0 Å². The van der Waals surface area contributed by atoms with E-state index in [-0.39, 0.29) is 28.9 Å². The third-order valence-corrected chi connectivity index (χ3v) is 6.86. The lowest BCUT2D eigenvalue weighted by atomic mass is 10.2. The van der Waals surface area contributed by atoms with Crippen molar-refractivity contribution in [3.8, 4) is 0 Å². The molecular formula is C17H11BrCl2F3N7O2S. The van der Waals surface area contributed by atoms with Crippen molar-refractivity contribution in [1.82, 2.24) is 20.6 Å². The molecule has 1 aliphatic rings. The van der Waals surface area contributed by atoms with Crippen molar-refractivity contribution in [3.63, 3.8) is 0 Å². The fraction of sp³-hybridized carbons (Fsp3) is 0.118. The van der Waals surface area contributed by atoms with E-state index in [0.29, 0.717) is 16.4 Å². The molecule has 0 spiro atoms. The van der Waals surface area contributed by atoms with Gasteiger partial charge in [-0.2, -0.15) is 23.4 Å². The Kier molecular flexibility index (Phi) is 6.20. The number of hydrogen-bond donors (Lipinski definition) is 3. The minimum absolute atomic E-state index is 0.0690. The highest BCUT2D eigenvalue weighted by atomic mass is 79.9. The molecule has 0 fully saturated rings. The second-order valence-electron chi connectivity index (χ2n) is 6.54. The van der Waals surface area contributed by atoms with E-state index in [1.54, 1.807) is 4.90 Å². The summed E-state index contributed by atoms with van der Waals surface area (Å²) in [6, 6.07) is 3.53. The van der Waals surface area contributed by atoms with Crippen molar-refractivity contribution < 1.29 is 21.6 Å². The number of aromatic amines is 1. The van der Waals surface area contributed by atoms with Gasteiger partial charge in [0.2, 0.25) is 0 Å². The van der Waals surface area contributed by atoms with Gasteiger partial charge >= 0.3 is 6.18 Å². The summed E-state index contributed by atoms with van der Waals surface area (Å²) in [7, 11) is -4.49. The smallest absolute Gasteiger partial charge is 0.288 e. The van der Waals surface area contributed by atoms with E-state index in [0.717, 1.165) is 12.1 Å². The normalized spacial score (nSPS) is 14.2. The number of H-pyrrole nitrogens is 1. The monoisotopic (exact) mass is 583 g/mol. The summed E-state index contributed by atoms with van der Waals surface area (Å²) >= 11 is 14.9. The van der Waals surface area contributed by atoms with Crippen LogP contribution in [0.25, 0.3) is 0 Å². The topological polar surface area (TPSA) is 115 Å². The van der Waals surface area contributed by atoms with Crippen LogP contribution in [0.3, 0.4) is 0 Å². The Labute approximate surface area is 203 Å². The minimum atomic E-state index is -4.84. The van der Waals surface area contributed by atoms with Crippen molar-refractivity contribution in [2.75, 3.05) is 16.3 Å². The Bertz CT molecular complexity index is 1360. The van der Waals surface area contributed by atoms with E-state index < -0.39 is 31.7 Å². The van der Waals surface area contributed by atoms with Gasteiger partial charge in [-0.25, -0.2) is 13.4 Å². The summed E-state index contributed by atoms with van der Waals surface area (Å²) < 4.78 is 68.4. The van der Waals surface area contributed by atoms with Crippen LogP contribution in [0.2, 0.25) is 10.0 Å². The van der Waals surface area contributed by atoms with E-state index in [1.807, 2.05) is 0 Å². The van der Waals surface area contributed by atoms with Gasteiger partial charge < -0.3 is 0 Å². The molecule has 3 N–H and O–H groups in total. The molecule has 1 aromatic carbocycles. The lowest BCUT2D eigenvalue weighted by Crippen LogP contribution is -2.32. The average Bonchev–Trinajstić information content (AvgIpc) is 3.35. The van der Waals surface area contributed by atoms with Gasteiger partial charge in [-0.15, -0.1) is 0 Å². The first kappa shape index (κ1) is 23.6. The van der Waals surface area contributed by atoms with Gasteiger partial charge in [-0.3, -0.25) is 20.1 Å². The summed E-state index contributed by atoms with van der Waals surface area (Å²) in [5.74, 6) is 0.721. The number of hydrazone groups is 1. The fourth-order valence-corrected chi connectivity index (χ4v) is 4.79. The number of rotatable bonds is 5. The van der Waals surface area contributed by atoms with Crippen LogP contribution in [0.4, 0.5) is 24.7 Å². The molecule has 0 saturated heterocycles. The molecule has 4 rings (SSSR count). The summed E-state index contributed by atoms with van der Waals surface area (Å²) in [5, 5.41) is 10.3. The predicted molar refractivity (Wildman–Crippen MR) is 120 cm³/mol. The number of halogens is 6. The van der Waals surface area contributed by atoms with Crippen LogP contribution in [-0.4, -0.2) is 36.1 Å². The molecule has 3 heterocycles. The number of alkyl halides is 3. The predicted octanol–water partition coefficient (Wildman–Crippen LogP) is 4.42. The molecule has 2 aromatic heterocycles. The zero-order valence-corrected chi connectivity index (χ0v) is 19.9. The van der Waals surface area contributed by atoms with Crippen LogP contribution in [0, 0.1) is 0 Å². The highest BCUT2D eigenvalue weighted by Crippen LogP contribution is 2.36. The van der Waals surface area contributed by atoms with Crippen molar-refractivity contribution in [1.29, 1.82) is 0 Å². The molecule has 0 atom stereocenters. The lowest BCUT2D eigenvalue weighted by Gasteiger charge is -2.19. The second-order valence-corrected chi connectivity index (χ2v) is 9.92. The van der Waals surface area contributed by atoms with Crippen LogP contribution >= 0.6 is 39.1 Å². The number of nitrogens with zero attached hydrogens (tertiary/aromatic N) is 4. The van der Waals surface area contributed by atoms with Crippen molar-refractivity contribution in [2.45, 2.75) is 11.1 Å². The first-order valence-electron chi connectivity index (χ1n) is 8.80. The molecule has 16 heteroatoms. The summed E-state index contributed by atoms with van der Waals surface area (Å²) in [5.41, 5.74) is 1.44. The number of amidine groups is 1. The standard InChI is InChI=1S/C17H11BrCl2F3N7O2S/c18-11-6-25-27-15(11)30-7-26-28-16(30)14-13(3-8(19)5-24-14)29-33(31,32)9-1-2-12(20)10(4-9)17(21,22)23/h1-6,26,29H,7H2,(H,25,27). The Balaban J connectivity index is 1.74. The minimum Gasteiger partial charge on any atom is -0.288 e. The quantitative estimate of drug-likeness (QED) is 0.409. The first-order chi connectivity index (χ1) is 15.5. The Morgan fingerprint density at radius 2 is 1.94 bits per heavy atom. The number of anilines is 2. The van der Waals surface area contributed by atoms with Gasteiger partial charge in [0.15, 0.2) is 5.84 Å². The molecule has 0 amide bonds. The Morgan fingerprint density at radius 1 is 1.18 bits per heavy atom. The SMILES string of the molecule is O=S(=O)(Nc1cc(Cl)cnc1C1=NNCN1c1[nH]ncc1Br)c1ccc(Cl)c(C(F)(F)F)c1. The largest absolute Gasteiger partial charge is 0.417 e. The number of nitrogens with one attached hydrogen (secondary N) is 3. The number of aromatic nitrogens is 3. The van der Waals surface area contributed by atoms with Crippen molar-refractivity contribution in [3.05, 3.63) is 62.4 Å². The van der Waals surface area contributed by atoms with Crippen molar-refractivity contribution in [2.24, 2.45) is 5.10 Å². The maximum atomic E-state index is 13.2. The molecule has 3 aromatic rings. The summed E-state index contributed by atoms with van der Waals surface area (Å²) in [4.78, 5) is 5.15. The average molecular weight is 585 g/mol. The zero-order valence-electron chi connectivity index (χ0n) is 16.0. The highest BCUT2D eigenvalue weighted by Gasteiger charge is 2.35. The van der Waals surface area contributed by atoms with Gasteiger partial charge in [-0.1, -0.05) is 23.2 Å². The van der Waals surface area contributed by atoms with E-state index in [4.69, 9.17) is 23.2 Å². The third kappa shape index (κ3) is 4.74. The molecule has 1 aliphatic heterocycles. The third-order valence-electron chi connectivity index (χ3n) is 4.38. The van der Waals surface area contributed by atoms with E-state index in [2.05, 4.69) is 46.4 Å². The van der Waals surface area contributed by atoms with E-state index in [9.17, 15) is 21.6 Å². The van der Waals surface area contributed by atoms with Crippen LogP contribution in [-0.2, 0) is 16.2 Å². The molecular weight excluding hydrogens is 574 g/mol. The van der Waals surface area contributed by atoms with E-state index in [1.165, 1.54) is 18.5 Å². The zero-order chi connectivity index (χ0) is 24.0. The fourth-order valence-electron chi connectivity index (χ4n) is 2.92. The molecule has 0 unspecified atom stereocenters. The van der Waals surface area contributed by atoms with E-state index >= 15 is 0 Å². The molecule has 9 nitrogen and oxygen atoms in total. The second kappa shape index (κ2) is 8.66. The molecule has 174 valence electrons. The molecule has 0 aliphatic carbocycles. The Hall–Kier alpha value is -2.55. The van der Waals surface area contributed by atoms with Gasteiger partial charge in [0.05, 0.1) is 36.9 Å². The molecule has 0 bridgehead atoms. The highest BCUT2D eigenvalue weighted by molar-refractivity contribution is 9.10. The van der Waals surface area contributed by atoms with Gasteiger partial charge in [0.25, 0.3) is 10.0 Å². The number of pyridine rings is 1. The molecule has 0 radical (unpaired) electrons. The summed E-state index contributed by atoms with van der Waals surface area (Å²) in [6.07, 6.45) is -2.05. The van der Waals surface area contributed by atoms with Gasteiger partial charge in [0.1, 0.15) is 18.2 Å². The molecule has 0 saturated carbocycles. The maximum absolute atomic E-state index is 13.2. The van der Waals surface area contributed by atoms with Crippen LogP contribution in [0.5, 0.6) is 0 Å². The van der Waals surface area contributed by atoms with Crippen LogP contribution in [0.1, 0.15) is 11.3 Å². The van der Waals surface area contributed by atoms with Crippen molar-refractivity contribution >= 4 is 66.5 Å². The number of hydrogen-bond acceptors (Lipinski definition) is 7. The van der Waals surface area contributed by atoms with Crippen LogP contribution in [0.15, 0.2) is 51.1 Å². The number of sulfonamides is 1. The Morgan fingerprint density at radius 3 is 2.61 bits per heavy atom. The first-order valence-corrected chi connectivity index (χ1v) is 11.8. The number of benzene rings is 1. The summed E-state index contributed by atoms with van der Waals surface area (Å²) in [6.45, 7) is 0.207. The van der Waals surface area contributed by atoms with Gasteiger partial charge in [-0.05, 0) is 40.2 Å². The lowest BCUT2D eigenvalue weighted by molar-refractivity contribution is -0.137.